The van der Waals surface area contributed by atoms with Crippen LogP contribution in [0.15, 0.2) is 0 Å². The summed E-state index contributed by atoms with van der Waals surface area (Å²) in [5.74, 6) is 4.18. The van der Waals surface area contributed by atoms with Crippen LogP contribution in [-0.4, -0.2) is 17.0 Å². The Morgan fingerprint density at radius 2 is 1.74 bits per heavy atom. The fraction of sp³-hybridized carbons (Fsp3) is 0.952. The Balaban J connectivity index is 1.61. The highest BCUT2D eigenvalue weighted by molar-refractivity contribution is 5.79. The Labute approximate surface area is 141 Å². The number of hydrogen-bond donors (Lipinski definition) is 1. The number of fused-ring (bicyclic) bond motifs is 5. The molecule has 0 heterocycles. The van der Waals surface area contributed by atoms with Crippen molar-refractivity contribution in [1.29, 1.82) is 0 Å². The van der Waals surface area contributed by atoms with Gasteiger partial charge in [-0.05, 0) is 92.3 Å². The lowest BCUT2D eigenvalue weighted by Gasteiger charge is -2.60. The van der Waals surface area contributed by atoms with Gasteiger partial charge in [0.15, 0.2) is 0 Å². The Bertz CT molecular complexity index is 498. The van der Waals surface area contributed by atoms with Gasteiger partial charge in [-0.2, -0.15) is 0 Å². The molecule has 0 saturated heterocycles. The van der Waals surface area contributed by atoms with Gasteiger partial charge >= 0.3 is 0 Å². The number of aliphatic hydroxyl groups excluding tert-OH is 1. The molecule has 4 saturated carbocycles. The standard InChI is InChI=1S/C21H34O2/c1-13(22)17-6-7-18-16-5-4-14-12-15(23)8-10-20(14,2)19(16)9-11-21(17,18)3/h13-14,16-19,22H,4-12H2,1-3H3/t13-,14-,16-,17-,18-,19-,20-,21+/m0/s1. The third-order valence-electron chi connectivity index (χ3n) is 9.14. The molecule has 4 fully saturated rings. The second-order valence-electron chi connectivity index (χ2n) is 9.87. The molecule has 0 radical (unpaired) electrons. The van der Waals surface area contributed by atoms with E-state index in [9.17, 15) is 9.90 Å². The molecule has 0 aromatic heterocycles. The maximum atomic E-state index is 11.9. The molecule has 0 bridgehead atoms. The van der Waals surface area contributed by atoms with Crippen LogP contribution in [0.3, 0.4) is 0 Å². The van der Waals surface area contributed by atoms with E-state index in [-0.39, 0.29) is 6.10 Å². The molecule has 0 aliphatic heterocycles. The quantitative estimate of drug-likeness (QED) is 0.767. The van der Waals surface area contributed by atoms with Gasteiger partial charge in [0.1, 0.15) is 5.78 Å². The van der Waals surface area contributed by atoms with Crippen LogP contribution in [-0.2, 0) is 4.79 Å². The maximum absolute atomic E-state index is 11.9. The zero-order valence-corrected chi connectivity index (χ0v) is 15.2. The van der Waals surface area contributed by atoms with E-state index in [1.807, 2.05) is 6.92 Å². The van der Waals surface area contributed by atoms with E-state index in [2.05, 4.69) is 13.8 Å². The van der Waals surface area contributed by atoms with Crippen LogP contribution in [0.25, 0.3) is 0 Å². The van der Waals surface area contributed by atoms with Crippen molar-refractivity contribution in [3.8, 4) is 0 Å². The number of hydrogen-bond acceptors (Lipinski definition) is 2. The maximum Gasteiger partial charge on any atom is 0.133 e. The lowest BCUT2D eigenvalue weighted by atomic mass is 9.44. The van der Waals surface area contributed by atoms with Gasteiger partial charge in [0, 0.05) is 12.8 Å². The van der Waals surface area contributed by atoms with Crippen molar-refractivity contribution in [1.82, 2.24) is 0 Å². The summed E-state index contributed by atoms with van der Waals surface area (Å²) in [6, 6.07) is 0. The first-order valence-corrected chi connectivity index (χ1v) is 10.1. The minimum atomic E-state index is -0.152. The lowest BCUT2D eigenvalue weighted by molar-refractivity contribution is -0.141. The Kier molecular flexibility index (Phi) is 3.72. The van der Waals surface area contributed by atoms with Crippen molar-refractivity contribution >= 4 is 5.78 Å². The summed E-state index contributed by atoms with van der Waals surface area (Å²) in [7, 11) is 0. The fourth-order valence-corrected chi connectivity index (χ4v) is 7.88. The van der Waals surface area contributed by atoms with E-state index < -0.39 is 0 Å². The van der Waals surface area contributed by atoms with E-state index in [0.29, 0.717) is 28.4 Å². The van der Waals surface area contributed by atoms with Crippen molar-refractivity contribution in [3.05, 3.63) is 0 Å². The van der Waals surface area contributed by atoms with Crippen LogP contribution in [0.1, 0.15) is 78.6 Å². The summed E-state index contributed by atoms with van der Waals surface area (Å²) in [6.45, 7) is 7.01. The molecule has 0 aromatic rings. The highest BCUT2D eigenvalue weighted by atomic mass is 16.3. The zero-order valence-electron chi connectivity index (χ0n) is 15.2. The number of carbonyl (C=O) groups is 1. The monoisotopic (exact) mass is 318 g/mol. The molecule has 4 aliphatic rings. The first-order chi connectivity index (χ1) is 10.9. The largest absolute Gasteiger partial charge is 0.393 e. The van der Waals surface area contributed by atoms with Crippen LogP contribution < -0.4 is 0 Å². The van der Waals surface area contributed by atoms with E-state index in [0.717, 1.165) is 37.0 Å². The molecule has 130 valence electrons. The number of aliphatic hydroxyl groups is 1. The third-order valence-corrected chi connectivity index (χ3v) is 9.14. The molecule has 1 N–H and O–H groups in total. The van der Waals surface area contributed by atoms with E-state index >= 15 is 0 Å². The van der Waals surface area contributed by atoms with Gasteiger partial charge in [-0.15, -0.1) is 0 Å². The van der Waals surface area contributed by atoms with Crippen molar-refractivity contribution in [2.75, 3.05) is 0 Å². The number of ketones is 1. The smallest absolute Gasteiger partial charge is 0.133 e. The SMILES string of the molecule is C[C@H](O)[C@@H]1CC[C@H]2[C@@H]3CC[C@H]4CC(=O)CC[C@]4(C)[C@H]3CC[C@@]21C. The summed E-state index contributed by atoms with van der Waals surface area (Å²) >= 11 is 0. The molecule has 4 aliphatic carbocycles. The van der Waals surface area contributed by atoms with Crippen LogP contribution in [0, 0.1) is 40.4 Å². The Hall–Kier alpha value is -0.370. The van der Waals surface area contributed by atoms with Crippen molar-refractivity contribution in [2.45, 2.75) is 84.7 Å². The van der Waals surface area contributed by atoms with Crippen LogP contribution in [0.4, 0.5) is 0 Å². The fourth-order valence-electron chi connectivity index (χ4n) is 7.88. The molecule has 0 unspecified atom stereocenters. The summed E-state index contributed by atoms with van der Waals surface area (Å²) in [5, 5.41) is 10.3. The molecule has 8 atom stereocenters. The second kappa shape index (κ2) is 5.31. The normalized spacial score (nSPS) is 54.1. The predicted octanol–water partition coefficient (Wildman–Crippen LogP) is 4.60. The summed E-state index contributed by atoms with van der Waals surface area (Å²) < 4.78 is 0. The van der Waals surface area contributed by atoms with E-state index in [1.54, 1.807) is 0 Å². The molecule has 2 nitrogen and oxygen atoms in total. The average Bonchev–Trinajstić information content (AvgIpc) is 2.85. The zero-order chi connectivity index (χ0) is 16.4. The first kappa shape index (κ1) is 16.1. The van der Waals surface area contributed by atoms with Gasteiger partial charge < -0.3 is 5.11 Å². The summed E-state index contributed by atoms with van der Waals surface area (Å²) in [5.41, 5.74) is 0.782. The van der Waals surface area contributed by atoms with E-state index in [4.69, 9.17) is 0 Å². The molecule has 0 aromatic carbocycles. The van der Waals surface area contributed by atoms with Gasteiger partial charge in [0.25, 0.3) is 0 Å². The van der Waals surface area contributed by atoms with Gasteiger partial charge in [-0.3, -0.25) is 4.79 Å². The molecule has 0 spiro atoms. The van der Waals surface area contributed by atoms with Gasteiger partial charge in [-0.25, -0.2) is 0 Å². The predicted molar refractivity (Wildman–Crippen MR) is 91.9 cm³/mol. The Morgan fingerprint density at radius 3 is 2.48 bits per heavy atom. The van der Waals surface area contributed by atoms with Crippen molar-refractivity contribution in [3.63, 3.8) is 0 Å². The lowest BCUT2D eigenvalue weighted by Crippen LogP contribution is -2.54. The molecule has 4 rings (SSSR count). The summed E-state index contributed by atoms with van der Waals surface area (Å²) in [6.07, 6.45) is 10.5. The second-order valence-corrected chi connectivity index (χ2v) is 9.87. The van der Waals surface area contributed by atoms with Crippen LogP contribution >= 0.6 is 0 Å². The van der Waals surface area contributed by atoms with E-state index in [1.165, 1.54) is 38.5 Å². The third kappa shape index (κ3) is 2.19. The number of rotatable bonds is 1. The molecule has 2 heteroatoms. The van der Waals surface area contributed by atoms with Crippen molar-refractivity contribution < 1.29 is 9.90 Å². The number of carbonyl (C=O) groups excluding carboxylic acids is 1. The minimum Gasteiger partial charge on any atom is -0.393 e. The molecule has 23 heavy (non-hydrogen) atoms. The molecular formula is C21H34O2. The van der Waals surface area contributed by atoms with Crippen LogP contribution in [0.2, 0.25) is 0 Å². The Morgan fingerprint density at radius 1 is 1.00 bits per heavy atom. The van der Waals surface area contributed by atoms with Gasteiger partial charge in [0.2, 0.25) is 0 Å². The van der Waals surface area contributed by atoms with Crippen molar-refractivity contribution in [2.24, 2.45) is 40.4 Å². The topological polar surface area (TPSA) is 37.3 Å². The van der Waals surface area contributed by atoms with Crippen LogP contribution in [0.5, 0.6) is 0 Å². The average molecular weight is 319 g/mol. The highest BCUT2D eigenvalue weighted by Gasteiger charge is 2.60. The first-order valence-electron chi connectivity index (χ1n) is 10.1. The number of Topliss-reactive ketones (excluding diaryl/α,β-unsaturated/α-hetero) is 1. The highest BCUT2D eigenvalue weighted by Crippen LogP contribution is 2.67. The van der Waals surface area contributed by atoms with Gasteiger partial charge in [0.05, 0.1) is 6.10 Å². The van der Waals surface area contributed by atoms with Gasteiger partial charge in [-0.1, -0.05) is 13.8 Å². The molecule has 0 amide bonds. The molecular weight excluding hydrogens is 284 g/mol. The minimum absolute atomic E-state index is 0.152. The summed E-state index contributed by atoms with van der Waals surface area (Å²) in [4.78, 5) is 11.9.